The molecule has 0 radical (unpaired) electrons. The van der Waals surface area contributed by atoms with E-state index in [0.29, 0.717) is 17.2 Å². The third-order valence-electron chi connectivity index (χ3n) is 4.14. The normalized spacial score (nSPS) is 11.0. The predicted molar refractivity (Wildman–Crippen MR) is 111 cm³/mol. The lowest BCUT2D eigenvalue weighted by atomic mass is 10.1. The number of pyridine rings is 1. The number of fused-ring (bicyclic) bond motifs is 1. The Hall–Kier alpha value is -2.12. The maximum absolute atomic E-state index is 12.5. The fraction of sp³-hybridized carbons (Fsp3) is 0.474. The number of nitrogens with one attached hydrogen (secondary N) is 2. The van der Waals surface area contributed by atoms with E-state index in [1.54, 1.807) is 7.11 Å². The van der Waals surface area contributed by atoms with Crippen molar-refractivity contribution in [3.8, 4) is 5.75 Å². The predicted octanol–water partition coefficient (Wildman–Crippen LogP) is 2.18. The summed E-state index contributed by atoms with van der Waals surface area (Å²) in [4.78, 5) is 19.6. The highest BCUT2D eigenvalue weighted by molar-refractivity contribution is 7.80. The highest BCUT2D eigenvalue weighted by Gasteiger charge is 2.13. The molecule has 0 aliphatic rings. The maximum Gasteiger partial charge on any atom is 0.253 e. The van der Waals surface area contributed by atoms with Crippen LogP contribution in [0, 0.1) is 0 Å². The molecule has 6 nitrogen and oxygen atoms in total. The third-order valence-corrected chi connectivity index (χ3v) is 4.54. The van der Waals surface area contributed by atoms with Gasteiger partial charge in [-0.15, -0.1) is 0 Å². The van der Waals surface area contributed by atoms with Crippen LogP contribution in [0.5, 0.6) is 5.75 Å². The van der Waals surface area contributed by atoms with Gasteiger partial charge in [-0.05, 0) is 70.5 Å². The number of aromatic amines is 1. The van der Waals surface area contributed by atoms with Crippen LogP contribution in [0.1, 0.15) is 18.9 Å². The first-order valence-corrected chi connectivity index (χ1v) is 9.23. The molecule has 0 fully saturated rings. The summed E-state index contributed by atoms with van der Waals surface area (Å²) in [5.41, 5.74) is 1.41. The van der Waals surface area contributed by atoms with Crippen molar-refractivity contribution in [2.45, 2.75) is 19.9 Å². The van der Waals surface area contributed by atoms with Crippen molar-refractivity contribution in [3.63, 3.8) is 0 Å². The number of hydrogen-bond acceptors (Lipinski definition) is 4. The smallest absolute Gasteiger partial charge is 0.253 e. The topological polar surface area (TPSA) is 60.6 Å². The Labute approximate surface area is 160 Å². The van der Waals surface area contributed by atoms with E-state index >= 15 is 0 Å². The van der Waals surface area contributed by atoms with Crippen LogP contribution in [-0.2, 0) is 6.54 Å². The number of ether oxygens (including phenoxy) is 1. The number of methoxy groups -OCH3 is 1. The zero-order valence-corrected chi connectivity index (χ0v) is 16.8. The van der Waals surface area contributed by atoms with Gasteiger partial charge in [0.2, 0.25) is 0 Å². The standard InChI is InChI=1S/C19H28N4O2S/c1-5-20-19(26)23(10-6-9-22(2)3)13-15-11-14-12-16(25-4)7-8-17(14)21-18(15)24/h7-8,11-12H,5-6,9-10,13H2,1-4H3,(H,20,26)(H,21,24). The molecule has 0 aliphatic carbocycles. The van der Waals surface area contributed by atoms with E-state index in [4.69, 9.17) is 17.0 Å². The Morgan fingerprint density at radius 3 is 2.69 bits per heavy atom. The highest BCUT2D eigenvalue weighted by Crippen LogP contribution is 2.19. The molecule has 7 heteroatoms. The molecule has 2 rings (SSSR count). The molecule has 1 heterocycles. The Kier molecular flexibility index (Phi) is 7.41. The van der Waals surface area contributed by atoms with E-state index in [1.165, 1.54) is 0 Å². The molecule has 1 aromatic carbocycles. The summed E-state index contributed by atoms with van der Waals surface area (Å²) >= 11 is 5.50. The van der Waals surface area contributed by atoms with Crippen LogP contribution >= 0.6 is 12.2 Å². The van der Waals surface area contributed by atoms with Gasteiger partial charge in [-0.2, -0.15) is 0 Å². The van der Waals surface area contributed by atoms with Crippen LogP contribution in [0.4, 0.5) is 0 Å². The summed E-state index contributed by atoms with van der Waals surface area (Å²) < 4.78 is 5.28. The van der Waals surface area contributed by atoms with Crippen LogP contribution in [0.15, 0.2) is 29.1 Å². The van der Waals surface area contributed by atoms with Gasteiger partial charge in [-0.3, -0.25) is 4.79 Å². The van der Waals surface area contributed by atoms with Crippen LogP contribution in [0.25, 0.3) is 10.9 Å². The first kappa shape index (κ1) is 20.2. The second-order valence-corrected chi connectivity index (χ2v) is 6.88. The summed E-state index contributed by atoms with van der Waals surface area (Å²) in [6.45, 7) is 5.01. The van der Waals surface area contributed by atoms with E-state index < -0.39 is 0 Å². The van der Waals surface area contributed by atoms with Gasteiger partial charge < -0.3 is 24.8 Å². The molecule has 2 N–H and O–H groups in total. The van der Waals surface area contributed by atoms with Gasteiger partial charge in [-0.25, -0.2) is 0 Å². The van der Waals surface area contributed by atoms with Crippen molar-refractivity contribution < 1.29 is 4.74 Å². The van der Waals surface area contributed by atoms with Crippen LogP contribution < -0.4 is 15.6 Å². The zero-order chi connectivity index (χ0) is 19.1. The number of benzene rings is 1. The molecule has 26 heavy (non-hydrogen) atoms. The number of hydrogen-bond donors (Lipinski definition) is 2. The van der Waals surface area contributed by atoms with Gasteiger partial charge in [0.1, 0.15) is 5.75 Å². The molecule has 0 atom stereocenters. The molecule has 1 aromatic heterocycles. The number of nitrogens with zero attached hydrogens (tertiary/aromatic N) is 2. The fourth-order valence-corrected chi connectivity index (χ4v) is 3.07. The molecular weight excluding hydrogens is 348 g/mol. The Bertz CT molecular complexity index is 804. The van der Waals surface area contributed by atoms with E-state index in [9.17, 15) is 4.79 Å². The molecule has 2 aromatic rings. The van der Waals surface area contributed by atoms with Crippen molar-refractivity contribution in [1.29, 1.82) is 0 Å². The van der Waals surface area contributed by atoms with Gasteiger partial charge in [0.05, 0.1) is 13.7 Å². The molecular formula is C19H28N4O2S. The largest absolute Gasteiger partial charge is 0.497 e. The minimum absolute atomic E-state index is 0.0837. The van der Waals surface area contributed by atoms with Gasteiger partial charge in [-0.1, -0.05) is 0 Å². The Balaban J connectivity index is 2.25. The monoisotopic (exact) mass is 376 g/mol. The average Bonchev–Trinajstić information content (AvgIpc) is 2.60. The van der Waals surface area contributed by atoms with Gasteiger partial charge in [0, 0.05) is 29.6 Å². The molecule has 0 aliphatic heterocycles. The van der Waals surface area contributed by atoms with Crippen molar-refractivity contribution in [2.24, 2.45) is 0 Å². The Morgan fingerprint density at radius 2 is 2.04 bits per heavy atom. The van der Waals surface area contributed by atoms with E-state index in [1.807, 2.05) is 45.3 Å². The van der Waals surface area contributed by atoms with Crippen molar-refractivity contribution in [2.75, 3.05) is 40.8 Å². The van der Waals surface area contributed by atoms with Crippen molar-refractivity contribution in [3.05, 3.63) is 40.2 Å². The highest BCUT2D eigenvalue weighted by atomic mass is 32.1. The minimum Gasteiger partial charge on any atom is -0.497 e. The molecule has 0 amide bonds. The molecule has 0 bridgehead atoms. The van der Waals surface area contributed by atoms with E-state index in [0.717, 1.165) is 42.7 Å². The summed E-state index contributed by atoms with van der Waals surface area (Å²) in [5.74, 6) is 0.765. The maximum atomic E-state index is 12.5. The summed E-state index contributed by atoms with van der Waals surface area (Å²) in [7, 11) is 5.73. The minimum atomic E-state index is -0.0837. The first-order valence-electron chi connectivity index (χ1n) is 8.82. The lowest BCUT2D eigenvalue weighted by molar-refractivity contribution is 0.341. The number of rotatable bonds is 8. The summed E-state index contributed by atoms with van der Waals surface area (Å²) in [5, 5.41) is 4.81. The zero-order valence-electron chi connectivity index (χ0n) is 16.0. The quantitative estimate of drug-likeness (QED) is 0.689. The van der Waals surface area contributed by atoms with E-state index in [2.05, 4.69) is 20.1 Å². The molecule has 0 spiro atoms. The number of aromatic nitrogens is 1. The van der Waals surface area contributed by atoms with Crippen molar-refractivity contribution >= 4 is 28.2 Å². The summed E-state index contributed by atoms with van der Waals surface area (Å²) in [6, 6.07) is 7.54. The molecule has 142 valence electrons. The van der Waals surface area contributed by atoms with Crippen LogP contribution in [-0.4, -0.2) is 60.7 Å². The third kappa shape index (κ3) is 5.44. The second kappa shape index (κ2) is 9.54. The van der Waals surface area contributed by atoms with Crippen molar-refractivity contribution in [1.82, 2.24) is 20.1 Å². The van der Waals surface area contributed by atoms with E-state index in [-0.39, 0.29) is 5.56 Å². The summed E-state index contributed by atoms with van der Waals surface area (Å²) in [6.07, 6.45) is 0.970. The fourth-order valence-electron chi connectivity index (χ4n) is 2.77. The van der Waals surface area contributed by atoms with Crippen LogP contribution in [0.2, 0.25) is 0 Å². The lowest BCUT2D eigenvalue weighted by Gasteiger charge is -2.26. The first-order chi connectivity index (χ1) is 12.4. The van der Waals surface area contributed by atoms with Gasteiger partial charge >= 0.3 is 0 Å². The number of H-pyrrole nitrogens is 1. The van der Waals surface area contributed by atoms with Gasteiger partial charge in [0.25, 0.3) is 5.56 Å². The molecule has 0 saturated heterocycles. The average molecular weight is 377 g/mol. The molecule has 0 unspecified atom stereocenters. The Morgan fingerprint density at radius 1 is 1.27 bits per heavy atom. The molecule has 0 saturated carbocycles. The lowest BCUT2D eigenvalue weighted by Crippen LogP contribution is -2.41. The van der Waals surface area contributed by atoms with Gasteiger partial charge in [0.15, 0.2) is 5.11 Å². The SMILES string of the molecule is CCNC(=S)N(CCCN(C)C)Cc1cc2cc(OC)ccc2[nH]c1=O. The van der Waals surface area contributed by atoms with Crippen LogP contribution in [0.3, 0.4) is 0 Å². The number of thiocarbonyl (C=S) groups is 1. The second-order valence-electron chi connectivity index (χ2n) is 6.49.